The number of carbonyl (C=O) groups is 2. The predicted octanol–water partition coefficient (Wildman–Crippen LogP) is 3.02. The van der Waals surface area contributed by atoms with Crippen LogP contribution in [-0.2, 0) is 4.79 Å². The van der Waals surface area contributed by atoms with Crippen LogP contribution in [0.15, 0.2) is 18.2 Å². The minimum atomic E-state index is -0.439. The molecule has 0 aliphatic carbocycles. The number of hydrogen-bond donors (Lipinski definition) is 0. The van der Waals surface area contributed by atoms with Gasteiger partial charge < -0.3 is 9.64 Å². The Morgan fingerprint density at radius 1 is 1.15 bits per heavy atom. The average molecular weight is 296 g/mol. The number of carbonyl (C=O) groups excluding carboxylic acids is 2. The van der Waals surface area contributed by atoms with Crippen LogP contribution in [0.25, 0.3) is 0 Å². The lowest BCUT2D eigenvalue weighted by molar-refractivity contribution is -0.114. The van der Waals surface area contributed by atoms with E-state index in [1.807, 2.05) is 0 Å². The van der Waals surface area contributed by atoms with E-state index in [-0.39, 0.29) is 0 Å². The van der Waals surface area contributed by atoms with Gasteiger partial charge in [0.05, 0.1) is 18.4 Å². The molecule has 2 rings (SSSR count). The number of fused-ring (bicyclic) bond motifs is 1. The van der Waals surface area contributed by atoms with Crippen molar-refractivity contribution in [2.45, 2.75) is 25.7 Å². The van der Waals surface area contributed by atoms with Crippen molar-refractivity contribution < 1.29 is 14.3 Å². The second-order valence-corrected chi connectivity index (χ2v) is 5.15. The van der Waals surface area contributed by atoms with E-state index >= 15 is 0 Å². The van der Waals surface area contributed by atoms with Crippen molar-refractivity contribution in [2.75, 3.05) is 24.4 Å². The van der Waals surface area contributed by atoms with Crippen LogP contribution >= 0.6 is 11.6 Å². The van der Waals surface area contributed by atoms with E-state index in [1.165, 1.54) is 0 Å². The van der Waals surface area contributed by atoms with Crippen LogP contribution in [0, 0.1) is 0 Å². The second-order valence-electron chi connectivity index (χ2n) is 4.77. The fourth-order valence-electron chi connectivity index (χ4n) is 2.34. The molecule has 0 fully saturated rings. The van der Waals surface area contributed by atoms with Gasteiger partial charge in [0.25, 0.3) is 11.7 Å². The SMILES string of the molecule is COc1ccc2c(c1)N(CCCCCCCl)C(=O)C2=O. The molecular formula is C15H18ClNO3. The van der Waals surface area contributed by atoms with Gasteiger partial charge in [-0.25, -0.2) is 0 Å². The van der Waals surface area contributed by atoms with Crippen LogP contribution < -0.4 is 9.64 Å². The fraction of sp³-hybridized carbons (Fsp3) is 0.467. The highest BCUT2D eigenvalue weighted by molar-refractivity contribution is 6.52. The zero-order chi connectivity index (χ0) is 14.5. The molecule has 0 radical (unpaired) electrons. The van der Waals surface area contributed by atoms with Crippen molar-refractivity contribution in [3.05, 3.63) is 23.8 Å². The highest BCUT2D eigenvalue weighted by Gasteiger charge is 2.35. The van der Waals surface area contributed by atoms with Gasteiger partial charge in [0, 0.05) is 18.5 Å². The Bertz CT molecular complexity index is 516. The molecule has 1 aliphatic heterocycles. The first-order chi connectivity index (χ1) is 9.69. The minimum Gasteiger partial charge on any atom is -0.497 e. The van der Waals surface area contributed by atoms with E-state index in [2.05, 4.69) is 0 Å². The van der Waals surface area contributed by atoms with Crippen LogP contribution in [0.1, 0.15) is 36.0 Å². The highest BCUT2D eigenvalue weighted by atomic mass is 35.5. The van der Waals surface area contributed by atoms with Gasteiger partial charge in [-0.3, -0.25) is 9.59 Å². The van der Waals surface area contributed by atoms with Crippen molar-refractivity contribution in [2.24, 2.45) is 0 Å². The molecule has 1 aromatic rings. The molecule has 5 heteroatoms. The third-order valence-electron chi connectivity index (χ3n) is 3.45. The van der Waals surface area contributed by atoms with Gasteiger partial charge in [0.2, 0.25) is 0 Å². The maximum absolute atomic E-state index is 12.0. The third-order valence-corrected chi connectivity index (χ3v) is 3.71. The van der Waals surface area contributed by atoms with Gasteiger partial charge in [-0.05, 0) is 25.0 Å². The monoisotopic (exact) mass is 295 g/mol. The number of Topliss-reactive ketones (excluding diaryl/α,β-unsaturated/α-hetero) is 1. The number of rotatable bonds is 7. The Kier molecular flexibility index (Phi) is 5.01. The molecule has 0 saturated heterocycles. The van der Waals surface area contributed by atoms with Crippen molar-refractivity contribution in [3.8, 4) is 5.75 Å². The number of ketones is 1. The van der Waals surface area contributed by atoms with Crippen LogP contribution in [0.2, 0.25) is 0 Å². The largest absolute Gasteiger partial charge is 0.497 e. The number of halogens is 1. The molecule has 108 valence electrons. The van der Waals surface area contributed by atoms with Crippen molar-refractivity contribution in [1.82, 2.24) is 0 Å². The molecule has 1 aromatic carbocycles. The Morgan fingerprint density at radius 2 is 1.90 bits per heavy atom. The maximum atomic E-state index is 12.0. The Balaban J connectivity index is 2.07. The van der Waals surface area contributed by atoms with Gasteiger partial charge in [-0.1, -0.05) is 12.8 Å². The number of alkyl halides is 1. The number of benzene rings is 1. The van der Waals surface area contributed by atoms with Crippen LogP contribution in [-0.4, -0.2) is 31.2 Å². The average Bonchev–Trinajstić information content (AvgIpc) is 2.71. The van der Waals surface area contributed by atoms with E-state index in [4.69, 9.17) is 16.3 Å². The molecule has 0 spiro atoms. The van der Waals surface area contributed by atoms with Crippen molar-refractivity contribution >= 4 is 29.0 Å². The lowest BCUT2D eigenvalue weighted by Gasteiger charge is -2.16. The first-order valence-electron chi connectivity index (χ1n) is 6.79. The van der Waals surface area contributed by atoms with Crippen LogP contribution in [0.4, 0.5) is 5.69 Å². The van der Waals surface area contributed by atoms with Crippen molar-refractivity contribution in [1.29, 1.82) is 0 Å². The zero-order valence-electron chi connectivity index (χ0n) is 11.5. The molecule has 0 atom stereocenters. The fourth-order valence-corrected chi connectivity index (χ4v) is 2.53. The highest BCUT2D eigenvalue weighted by Crippen LogP contribution is 2.32. The summed E-state index contributed by atoms with van der Waals surface area (Å²) < 4.78 is 5.15. The predicted molar refractivity (Wildman–Crippen MR) is 78.9 cm³/mol. The van der Waals surface area contributed by atoms with Gasteiger partial charge >= 0.3 is 0 Å². The lowest BCUT2D eigenvalue weighted by atomic mass is 10.1. The molecule has 0 N–H and O–H groups in total. The number of methoxy groups -OCH3 is 1. The molecule has 1 amide bonds. The van der Waals surface area contributed by atoms with E-state index in [0.29, 0.717) is 29.4 Å². The third kappa shape index (κ3) is 2.96. The van der Waals surface area contributed by atoms with Gasteiger partial charge in [0.1, 0.15) is 5.75 Å². The molecule has 4 nitrogen and oxygen atoms in total. The molecule has 0 unspecified atom stereocenters. The molecule has 20 heavy (non-hydrogen) atoms. The number of unbranched alkanes of at least 4 members (excludes halogenated alkanes) is 3. The van der Waals surface area contributed by atoms with E-state index in [0.717, 1.165) is 25.7 Å². The smallest absolute Gasteiger partial charge is 0.299 e. The normalized spacial score (nSPS) is 13.8. The van der Waals surface area contributed by atoms with E-state index < -0.39 is 11.7 Å². The summed E-state index contributed by atoms with van der Waals surface area (Å²) in [5.41, 5.74) is 1.13. The van der Waals surface area contributed by atoms with Gasteiger partial charge in [-0.15, -0.1) is 11.6 Å². The van der Waals surface area contributed by atoms with E-state index in [9.17, 15) is 9.59 Å². The summed E-state index contributed by atoms with van der Waals surface area (Å²) in [6.07, 6.45) is 3.90. The maximum Gasteiger partial charge on any atom is 0.299 e. The Labute approximate surface area is 123 Å². The summed E-state index contributed by atoms with van der Waals surface area (Å²) in [5.74, 6) is 0.452. The Hall–Kier alpha value is -1.55. The zero-order valence-corrected chi connectivity index (χ0v) is 12.3. The minimum absolute atomic E-state index is 0.427. The molecule has 1 aliphatic rings. The lowest BCUT2D eigenvalue weighted by Crippen LogP contribution is -2.30. The van der Waals surface area contributed by atoms with Crippen LogP contribution in [0.5, 0.6) is 5.75 Å². The molecule has 1 heterocycles. The first-order valence-corrected chi connectivity index (χ1v) is 7.32. The second kappa shape index (κ2) is 6.75. The Morgan fingerprint density at radius 3 is 2.60 bits per heavy atom. The number of nitrogens with zero attached hydrogens (tertiary/aromatic N) is 1. The molecule has 0 aromatic heterocycles. The summed E-state index contributed by atoms with van der Waals surface area (Å²) in [4.78, 5) is 25.4. The topological polar surface area (TPSA) is 46.6 Å². The van der Waals surface area contributed by atoms with Crippen LogP contribution in [0.3, 0.4) is 0 Å². The first kappa shape index (κ1) is 14.9. The summed E-state index contributed by atoms with van der Waals surface area (Å²) in [5, 5.41) is 0. The molecular weight excluding hydrogens is 278 g/mol. The van der Waals surface area contributed by atoms with E-state index in [1.54, 1.807) is 30.2 Å². The standard InChI is InChI=1S/C15H18ClNO3/c1-20-11-6-7-12-13(10-11)17(15(19)14(12)18)9-5-3-2-4-8-16/h6-7,10H,2-5,8-9H2,1H3. The van der Waals surface area contributed by atoms with Gasteiger partial charge in [0.15, 0.2) is 0 Å². The summed E-state index contributed by atoms with van der Waals surface area (Å²) in [6, 6.07) is 5.10. The molecule has 0 saturated carbocycles. The summed E-state index contributed by atoms with van der Waals surface area (Å²) in [6.45, 7) is 0.563. The number of ether oxygens (including phenoxy) is 1. The number of amides is 1. The summed E-state index contributed by atoms with van der Waals surface area (Å²) >= 11 is 5.63. The van der Waals surface area contributed by atoms with Gasteiger partial charge in [-0.2, -0.15) is 0 Å². The quantitative estimate of drug-likeness (QED) is 0.441. The summed E-state index contributed by atoms with van der Waals surface area (Å²) in [7, 11) is 1.57. The number of anilines is 1. The number of hydrogen-bond acceptors (Lipinski definition) is 3. The van der Waals surface area contributed by atoms with Crippen molar-refractivity contribution in [3.63, 3.8) is 0 Å². The molecule has 0 bridgehead atoms.